The Morgan fingerprint density at radius 1 is 0.861 bits per heavy atom. The maximum absolute atomic E-state index is 13.4. The molecule has 4 rings (SSSR count). The third-order valence-corrected chi connectivity index (χ3v) is 6.60. The summed E-state index contributed by atoms with van der Waals surface area (Å²) in [5.74, 6) is -0.713. The van der Waals surface area contributed by atoms with Crippen molar-refractivity contribution in [3.63, 3.8) is 0 Å². The van der Waals surface area contributed by atoms with Gasteiger partial charge in [0, 0.05) is 29.6 Å². The van der Waals surface area contributed by atoms with Crippen LogP contribution >= 0.6 is 23.2 Å². The van der Waals surface area contributed by atoms with Crippen LogP contribution in [0.25, 0.3) is 0 Å². The number of esters is 2. The lowest BCUT2D eigenvalue weighted by atomic mass is 9.78. The minimum Gasteiger partial charge on any atom is -0.458 e. The summed E-state index contributed by atoms with van der Waals surface area (Å²) in [4.78, 5) is 38.2. The molecule has 186 valence electrons. The Balaban J connectivity index is 1.59. The Morgan fingerprint density at radius 2 is 1.44 bits per heavy atom. The smallest absolute Gasteiger partial charge is 0.308 e. The molecule has 1 amide bonds. The van der Waals surface area contributed by atoms with Gasteiger partial charge in [0.05, 0.1) is 12.0 Å². The number of carbonyl (C=O) groups is 3. The number of halogens is 2. The van der Waals surface area contributed by atoms with Gasteiger partial charge in [0.25, 0.3) is 0 Å². The third-order valence-electron chi connectivity index (χ3n) is 6.09. The van der Waals surface area contributed by atoms with E-state index in [0.29, 0.717) is 28.6 Å². The molecule has 36 heavy (non-hydrogen) atoms. The predicted molar refractivity (Wildman–Crippen MR) is 138 cm³/mol. The minimum atomic E-state index is -0.496. The molecule has 1 fully saturated rings. The highest BCUT2D eigenvalue weighted by Crippen LogP contribution is 2.47. The molecule has 0 aromatic heterocycles. The van der Waals surface area contributed by atoms with Crippen LogP contribution < -0.4 is 9.64 Å². The SMILES string of the molecule is CC(=O)Oc1ccc([C@@H]2[C@@H](CCC(OC(C)=O)c3ccc(Cl)cc3)C(=O)N2c2ccc(Cl)cc2)cc1. The van der Waals surface area contributed by atoms with Crippen LogP contribution in [0.4, 0.5) is 5.69 Å². The van der Waals surface area contributed by atoms with Gasteiger partial charge < -0.3 is 14.4 Å². The Bertz CT molecular complexity index is 1240. The second-order valence-corrected chi connectivity index (χ2v) is 9.50. The lowest BCUT2D eigenvalue weighted by Gasteiger charge is -2.48. The van der Waals surface area contributed by atoms with Crippen molar-refractivity contribution in [3.8, 4) is 5.75 Å². The van der Waals surface area contributed by atoms with E-state index in [4.69, 9.17) is 32.7 Å². The maximum Gasteiger partial charge on any atom is 0.308 e. The van der Waals surface area contributed by atoms with Crippen molar-refractivity contribution in [2.75, 3.05) is 4.90 Å². The molecule has 0 saturated carbocycles. The van der Waals surface area contributed by atoms with Crippen molar-refractivity contribution >= 4 is 46.7 Å². The van der Waals surface area contributed by atoms with Crippen LogP contribution in [0, 0.1) is 5.92 Å². The van der Waals surface area contributed by atoms with E-state index in [0.717, 1.165) is 16.8 Å². The van der Waals surface area contributed by atoms with Crippen molar-refractivity contribution in [1.29, 1.82) is 0 Å². The lowest BCUT2D eigenvalue weighted by molar-refractivity contribution is -0.147. The van der Waals surface area contributed by atoms with Gasteiger partial charge in [-0.1, -0.05) is 47.5 Å². The molecule has 3 aromatic rings. The summed E-state index contributed by atoms with van der Waals surface area (Å²) in [5.41, 5.74) is 2.46. The first-order valence-electron chi connectivity index (χ1n) is 11.5. The van der Waals surface area contributed by atoms with Crippen LogP contribution in [0.5, 0.6) is 5.75 Å². The zero-order valence-corrected chi connectivity index (χ0v) is 21.3. The van der Waals surface area contributed by atoms with Crippen LogP contribution in [0.1, 0.15) is 50.0 Å². The number of benzene rings is 3. The van der Waals surface area contributed by atoms with Crippen molar-refractivity contribution in [1.82, 2.24) is 0 Å². The van der Waals surface area contributed by atoms with Gasteiger partial charge in [-0.15, -0.1) is 0 Å². The summed E-state index contributed by atoms with van der Waals surface area (Å²) < 4.78 is 10.7. The summed E-state index contributed by atoms with van der Waals surface area (Å²) in [6.45, 7) is 2.71. The van der Waals surface area contributed by atoms with Gasteiger partial charge >= 0.3 is 11.9 Å². The van der Waals surface area contributed by atoms with Gasteiger partial charge in [0.15, 0.2) is 0 Å². The first-order valence-corrected chi connectivity index (χ1v) is 12.3. The number of rotatable bonds is 8. The van der Waals surface area contributed by atoms with Crippen molar-refractivity contribution in [2.45, 2.75) is 38.8 Å². The molecule has 1 saturated heterocycles. The summed E-state index contributed by atoms with van der Waals surface area (Å²) in [7, 11) is 0. The van der Waals surface area contributed by atoms with E-state index in [1.807, 2.05) is 36.4 Å². The van der Waals surface area contributed by atoms with Gasteiger partial charge in [0.2, 0.25) is 5.91 Å². The quantitative estimate of drug-likeness (QED) is 0.185. The van der Waals surface area contributed by atoms with Gasteiger partial charge in [-0.05, 0) is 72.5 Å². The lowest BCUT2D eigenvalue weighted by Crippen LogP contribution is -2.55. The fourth-order valence-corrected chi connectivity index (χ4v) is 4.75. The standard InChI is InChI=1S/C28H25Cl2NO5/c1-17(32)35-24-13-5-20(6-14-24)27-25(28(34)31(27)23-11-9-22(30)10-12-23)15-16-26(36-18(2)33)19-3-7-21(29)8-4-19/h3-14,25-27H,15-16H2,1-2H3/t25-,26?,27-/m1/s1. The number of β-lactam (4-membered cyclic amide) rings is 1. The Hall–Kier alpha value is -3.35. The summed E-state index contributed by atoms with van der Waals surface area (Å²) in [6.07, 6.45) is 0.470. The van der Waals surface area contributed by atoms with Gasteiger partial charge in [-0.2, -0.15) is 0 Å². The summed E-state index contributed by atoms with van der Waals surface area (Å²) >= 11 is 12.1. The van der Waals surface area contributed by atoms with E-state index in [1.165, 1.54) is 13.8 Å². The molecule has 6 nitrogen and oxygen atoms in total. The molecule has 0 spiro atoms. The molecule has 8 heteroatoms. The number of ether oxygens (including phenoxy) is 2. The molecule has 3 atom stereocenters. The normalized spacial score (nSPS) is 17.8. The van der Waals surface area contributed by atoms with E-state index in [9.17, 15) is 14.4 Å². The summed E-state index contributed by atoms with van der Waals surface area (Å²) in [6, 6.07) is 21.2. The second-order valence-electron chi connectivity index (χ2n) is 8.63. The molecule has 1 heterocycles. The van der Waals surface area contributed by atoms with Crippen molar-refractivity contribution < 1.29 is 23.9 Å². The molecule has 1 aliphatic heterocycles. The van der Waals surface area contributed by atoms with Crippen molar-refractivity contribution in [3.05, 3.63) is 94.0 Å². The average Bonchev–Trinajstić information content (AvgIpc) is 2.83. The highest BCUT2D eigenvalue weighted by Gasteiger charge is 2.48. The van der Waals surface area contributed by atoms with Crippen LogP contribution in [0.3, 0.4) is 0 Å². The Kier molecular flexibility index (Phi) is 7.97. The van der Waals surface area contributed by atoms with E-state index in [2.05, 4.69) is 0 Å². The first-order chi connectivity index (χ1) is 17.2. The average molecular weight is 526 g/mol. The number of nitrogens with zero attached hydrogens (tertiary/aromatic N) is 1. The van der Waals surface area contributed by atoms with E-state index in [-0.39, 0.29) is 17.9 Å². The molecular weight excluding hydrogens is 501 g/mol. The van der Waals surface area contributed by atoms with Gasteiger partial charge in [-0.25, -0.2) is 0 Å². The predicted octanol–water partition coefficient (Wildman–Crippen LogP) is 6.71. The number of anilines is 1. The molecule has 1 unspecified atom stereocenters. The Labute approximate surface area is 219 Å². The number of hydrogen-bond acceptors (Lipinski definition) is 5. The van der Waals surface area contributed by atoms with Crippen LogP contribution in [-0.2, 0) is 19.1 Å². The molecule has 0 N–H and O–H groups in total. The zero-order chi connectivity index (χ0) is 25.8. The molecule has 0 radical (unpaired) electrons. The fourth-order valence-electron chi connectivity index (χ4n) is 4.50. The fraction of sp³-hybridized carbons (Fsp3) is 0.250. The molecule has 0 bridgehead atoms. The van der Waals surface area contributed by atoms with Gasteiger partial charge in [0.1, 0.15) is 11.9 Å². The highest BCUT2D eigenvalue weighted by atomic mass is 35.5. The second kappa shape index (κ2) is 11.1. The molecule has 0 aliphatic carbocycles. The maximum atomic E-state index is 13.4. The third kappa shape index (κ3) is 5.89. The first kappa shape index (κ1) is 25.7. The largest absolute Gasteiger partial charge is 0.458 e. The minimum absolute atomic E-state index is 0.0240. The van der Waals surface area contributed by atoms with Crippen molar-refractivity contribution in [2.24, 2.45) is 5.92 Å². The highest BCUT2D eigenvalue weighted by molar-refractivity contribution is 6.30. The number of amides is 1. The molecular formula is C28H25Cl2NO5. The van der Waals surface area contributed by atoms with E-state index >= 15 is 0 Å². The van der Waals surface area contributed by atoms with E-state index in [1.54, 1.807) is 41.3 Å². The van der Waals surface area contributed by atoms with Crippen LogP contribution in [-0.4, -0.2) is 17.8 Å². The Morgan fingerprint density at radius 3 is 2.00 bits per heavy atom. The van der Waals surface area contributed by atoms with Crippen LogP contribution in [0.15, 0.2) is 72.8 Å². The monoisotopic (exact) mass is 525 g/mol. The van der Waals surface area contributed by atoms with E-state index < -0.39 is 18.0 Å². The zero-order valence-electron chi connectivity index (χ0n) is 19.8. The summed E-state index contributed by atoms with van der Waals surface area (Å²) in [5, 5.41) is 1.17. The van der Waals surface area contributed by atoms with Crippen LogP contribution in [0.2, 0.25) is 10.0 Å². The van der Waals surface area contributed by atoms with Gasteiger partial charge in [-0.3, -0.25) is 14.4 Å². The number of carbonyl (C=O) groups excluding carboxylic acids is 3. The molecule has 1 aliphatic rings. The molecule has 3 aromatic carbocycles. The topological polar surface area (TPSA) is 72.9 Å². The number of hydrogen-bond donors (Lipinski definition) is 0.